The number of hydrogen-bond acceptors (Lipinski definition) is 11. The Labute approximate surface area is 297 Å². The maximum atomic E-state index is 14.2. The number of allylic oxidation sites excluding steroid dienone is 1. The Balaban J connectivity index is 1.58. The highest BCUT2D eigenvalue weighted by Crippen LogP contribution is 2.38. The third-order valence-electron chi connectivity index (χ3n) is 7.69. The first-order chi connectivity index (χ1) is 24.1. The van der Waals surface area contributed by atoms with Crippen molar-refractivity contribution in [2.75, 3.05) is 34.0 Å². The Morgan fingerprint density at radius 1 is 0.960 bits per heavy atom. The van der Waals surface area contributed by atoms with Gasteiger partial charge in [-0.1, -0.05) is 58.8 Å². The molecule has 5 rings (SSSR count). The Morgan fingerprint density at radius 3 is 2.46 bits per heavy atom. The van der Waals surface area contributed by atoms with Crippen LogP contribution in [0.25, 0.3) is 6.08 Å². The molecule has 0 N–H and O–H groups in total. The van der Waals surface area contributed by atoms with Crippen LogP contribution >= 0.6 is 22.9 Å². The summed E-state index contributed by atoms with van der Waals surface area (Å²) in [6.07, 6.45) is 1.69. The van der Waals surface area contributed by atoms with Crippen molar-refractivity contribution < 1.29 is 38.0 Å². The van der Waals surface area contributed by atoms with E-state index in [0.29, 0.717) is 67.4 Å². The Bertz CT molecular complexity index is 2140. The van der Waals surface area contributed by atoms with Gasteiger partial charge in [0.2, 0.25) is 0 Å². The van der Waals surface area contributed by atoms with Crippen molar-refractivity contribution in [2.45, 2.75) is 40.3 Å². The van der Waals surface area contributed by atoms with Crippen LogP contribution in [0.15, 0.2) is 75.7 Å². The number of hydrogen-bond donors (Lipinski definition) is 0. The van der Waals surface area contributed by atoms with Gasteiger partial charge in [-0.05, 0) is 74.7 Å². The van der Waals surface area contributed by atoms with E-state index in [2.05, 4.69) is 9.73 Å². The monoisotopic (exact) mass is 720 g/mol. The van der Waals surface area contributed by atoms with Gasteiger partial charge in [0.1, 0.15) is 6.61 Å². The highest BCUT2D eigenvalue weighted by atomic mass is 35.5. The van der Waals surface area contributed by atoms with Gasteiger partial charge in [0.15, 0.2) is 34.4 Å². The highest BCUT2D eigenvalue weighted by Gasteiger charge is 2.34. The molecule has 262 valence electrons. The quantitative estimate of drug-likeness (QED) is 0.169. The molecule has 0 amide bonds. The summed E-state index contributed by atoms with van der Waals surface area (Å²) in [4.78, 5) is 44.4. The SMILES string of the molecule is CCOC(=O)C1=C(C)N=c2s/c(=C\c3cc(Cl)c(OCc4cccc(C)c4)c(OC)c3)c(=O)n2[C@H]1c1ccc(OCC(=O)OC)c(OCC)c1. The number of aromatic nitrogens is 1. The predicted molar refractivity (Wildman–Crippen MR) is 189 cm³/mol. The topological polar surface area (TPSA) is 124 Å². The number of methoxy groups -OCH3 is 2. The van der Waals surface area contributed by atoms with Gasteiger partial charge < -0.3 is 28.4 Å². The molecule has 0 saturated heterocycles. The molecule has 1 aliphatic heterocycles. The Morgan fingerprint density at radius 2 is 1.76 bits per heavy atom. The molecule has 50 heavy (non-hydrogen) atoms. The molecule has 2 heterocycles. The molecule has 0 spiro atoms. The van der Waals surface area contributed by atoms with Crippen LogP contribution in [-0.2, 0) is 25.7 Å². The number of rotatable bonds is 13. The summed E-state index contributed by atoms with van der Waals surface area (Å²) in [5, 5.41) is 0.312. The first-order valence-corrected chi connectivity index (χ1v) is 17.0. The van der Waals surface area contributed by atoms with Crippen LogP contribution < -0.4 is 33.8 Å². The van der Waals surface area contributed by atoms with E-state index in [1.807, 2.05) is 31.2 Å². The van der Waals surface area contributed by atoms with Gasteiger partial charge in [-0.25, -0.2) is 14.6 Å². The second-order valence-electron chi connectivity index (χ2n) is 11.1. The molecule has 3 aromatic carbocycles. The fourth-order valence-electron chi connectivity index (χ4n) is 5.46. The lowest BCUT2D eigenvalue weighted by Gasteiger charge is -2.25. The van der Waals surface area contributed by atoms with E-state index in [1.165, 1.54) is 30.1 Å². The summed E-state index contributed by atoms with van der Waals surface area (Å²) in [6.45, 7) is 7.61. The number of esters is 2. The van der Waals surface area contributed by atoms with E-state index in [9.17, 15) is 14.4 Å². The average molecular weight is 721 g/mol. The second-order valence-corrected chi connectivity index (χ2v) is 12.5. The van der Waals surface area contributed by atoms with E-state index in [-0.39, 0.29) is 24.3 Å². The minimum Gasteiger partial charge on any atom is -0.493 e. The van der Waals surface area contributed by atoms with E-state index in [1.54, 1.807) is 57.2 Å². The van der Waals surface area contributed by atoms with E-state index < -0.39 is 18.0 Å². The molecule has 11 nitrogen and oxygen atoms in total. The number of thiazole rings is 1. The van der Waals surface area contributed by atoms with Crippen LogP contribution in [0.3, 0.4) is 0 Å². The number of carbonyl (C=O) groups is 2. The van der Waals surface area contributed by atoms with Gasteiger partial charge in [0.25, 0.3) is 5.56 Å². The number of carbonyl (C=O) groups excluding carboxylic acids is 2. The van der Waals surface area contributed by atoms with Gasteiger partial charge in [0, 0.05) is 0 Å². The standard InChI is InChI=1S/C37H37ClN2O9S/c1-7-46-28-18-25(12-13-27(28)48-20-31(41)45-6)33-32(36(43)47-8-2)22(4)39-37-40(33)35(42)30(50-37)17-24-15-26(38)34(29(16-24)44-5)49-19-23-11-9-10-21(3)14-23/h9-18,33H,7-8,19-20H2,1-6H3/b30-17-/t33-/m0/s1. The molecule has 0 radical (unpaired) electrons. The van der Waals surface area contributed by atoms with Crippen LogP contribution in [0.1, 0.15) is 49.1 Å². The normalized spacial score (nSPS) is 14.1. The maximum absolute atomic E-state index is 14.2. The molecule has 0 fully saturated rings. The molecular weight excluding hydrogens is 684 g/mol. The lowest BCUT2D eigenvalue weighted by atomic mass is 9.95. The molecule has 0 aliphatic carbocycles. The second kappa shape index (κ2) is 16.1. The summed E-state index contributed by atoms with van der Waals surface area (Å²) in [7, 11) is 2.78. The number of halogens is 1. The largest absolute Gasteiger partial charge is 0.493 e. The number of benzene rings is 3. The number of aryl methyl sites for hydroxylation is 1. The van der Waals surface area contributed by atoms with Crippen molar-refractivity contribution in [3.05, 3.63) is 113 Å². The van der Waals surface area contributed by atoms with Crippen LogP contribution in [0.4, 0.5) is 0 Å². The van der Waals surface area contributed by atoms with Crippen molar-refractivity contribution >= 4 is 41.0 Å². The minimum absolute atomic E-state index is 0.130. The summed E-state index contributed by atoms with van der Waals surface area (Å²) in [6, 6.07) is 15.5. The van der Waals surface area contributed by atoms with Crippen molar-refractivity contribution in [3.8, 4) is 23.0 Å². The van der Waals surface area contributed by atoms with Gasteiger partial charge >= 0.3 is 11.9 Å². The zero-order valence-electron chi connectivity index (χ0n) is 28.5. The zero-order valence-corrected chi connectivity index (χ0v) is 30.1. The summed E-state index contributed by atoms with van der Waals surface area (Å²) in [5.74, 6) is 0.239. The van der Waals surface area contributed by atoms with E-state index in [4.69, 9.17) is 35.3 Å². The highest BCUT2D eigenvalue weighted by molar-refractivity contribution is 7.07. The maximum Gasteiger partial charge on any atom is 0.343 e. The summed E-state index contributed by atoms with van der Waals surface area (Å²) < 4.78 is 35.1. The lowest BCUT2D eigenvalue weighted by Crippen LogP contribution is -2.40. The van der Waals surface area contributed by atoms with Crippen LogP contribution in [0.2, 0.25) is 5.02 Å². The van der Waals surface area contributed by atoms with Crippen molar-refractivity contribution in [1.82, 2.24) is 4.57 Å². The summed E-state index contributed by atoms with van der Waals surface area (Å²) in [5.41, 5.74) is 3.47. The van der Waals surface area contributed by atoms with Crippen LogP contribution in [0.5, 0.6) is 23.0 Å². The third kappa shape index (κ3) is 7.87. The minimum atomic E-state index is -0.906. The van der Waals surface area contributed by atoms with Crippen molar-refractivity contribution in [3.63, 3.8) is 0 Å². The molecule has 1 aliphatic rings. The molecule has 1 atom stereocenters. The molecule has 0 unspecified atom stereocenters. The van der Waals surface area contributed by atoms with Gasteiger partial charge in [0.05, 0.1) is 54.3 Å². The fourth-order valence-corrected chi connectivity index (χ4v) is 6.78. The molecule has 0 saturated carbocycles. The predicted octanol–water partition coefficient (Wildman–Crippen LogP) is 5.30. The Kier molecular flexibility index (Phi) is 11.7. The lowest BCUT2D eigenvalue weighted by molar-refractivity contribution is -0.143. The molecular formula is C37H37ClN2O9S. The van der Waals surface area contributed by atoms with Gasteiger partial charge in [-0.3, -0.25) is 9.36 Å². The zero-order chi connectivity index (χ0) is 35.9. The van der Waals surface area contributed by atoms with Gasteiger partial charge in [-0.15, -0.1) is 0 Å². The summed E-state index contributed by atoms with van der Waals surface area (Å²) >= 11 is 7.87. The number of ether oxygens (including phenoxy) is 6. The number of fused-ring (bicyclic) bond motifs is 1. The van der Waals surface area contributed by atoms with Crippen LogP contribution in [-0.4, -0.2) is 50.5 Å². The molecule has 1 aromatic heterocycles. The fraction of sp³-hybridized carbons (Fsp3) is 0.297. The first-order valence-electron chi connectivity index (χ1n) is 15.8. The number of nitrogens with zero attached hydrogens (tertiary/aromatic N) is 2. The van der Waals surface area contributed by atoms with E-state index >= 15 is 0 Å². The van der Waals surface area contributed by atoms with E-state index in [0.717, 1.165) is 11.1 Å². The van der Waals surface area contributed by atoms with Crippen molar-refractivity contribution in [2.24, 2.45) is 4.99 Å². The first kappa shape index (κ1) is 36.2. The molecule has 4 aromatic rings. The van der Waals surface area contributed by atoms with Crippen LogP contribution in [0, 0.1) is 6.92 Å². The Hall–Kier alpha value is -5.07. The smallest absolute Gasteiger partial charge is 0.343 e. The molecule has 0 bridgehead atoms. The van der Waals surface area contributed by atoms with Gasteiger partial charge in [-0.2, -0.15) is 0 Å². The third-order valence-corrected chi connectivity index (χ3v) is 8.95. The van der Waals surface area contributed by atoms with Crippen molar-refractivity contribution in [1.29, 1.82) is 0 Å². The average Bonchev–Trinajstić information content (AvgIpc) is 3.39. The molecule has 13 heteroatoms.